The van der Waals surface area contributed by atoms with Crippen LogP contribution in [0.25, 0.3) is 0 Å². The van der Waals surface area contributed by atoms with E-state index >= 15 is 0 Å². The quantitative estimate of drug-likeness (QED) is 0.837. The van der Waals surface area contributed by atoms with Crippen molar-refractivity contribution in [3.05, 3.63) is 36.4 Å². The van der Waals surface area contributed by atoms with Gasteiger partial charge in [-0.05, 0) is 37.5 Å². The van der Waals surface area contributed by atoms with E-state index in [-0.39, 0.29) is 11.8 Å². The fourth-order valence-electron chi connectivity index (χ4n) is 2.15. The topological polar surface area (TPSA) is 75.3 Å². The predicted octanol–water partition coefficient (Wildman–Crippen LogP) is 2.35. The summed E-state index contributed by atoms with van der Waals surface area (Å²) in [6, 6.07) is 6.69. The van der Waals surface area contributed by atoms with E-state index in [1.54, 1.807) is 24.3 Å². The van der Waals surface area contributed by atoms with Crippen molar-refractivity contribution in [2.45, 2.75) is 19.3 Å². The highest BCUT2D eigenvalue weighted by Crippen LogP contribution is 2.21. The number of sulfonamides is 1. The summed E-state index contributed by atoms with van der Waals surface area (Å²) >= 11 is 0. The van der Waals surface area contributed by atoms with E-state index in [1.165, 1.54) is 0 Å². The first kappa shape index (κ1) is 14.6. The van der Waals surface area contributed by atoms with Crippen LogP contribution in [0.5, 0.6) is 0 Å². The normalized spacial score (nSPS) is 18.6. The first-order valence-corrected chi connectivity index (χ1v) is 8.37. The lowest BCUT2D eigenvalue weighted by atomic mass is 9.93. The van der Waals surface area contributed by atoms with Crippen LogP contribution in [0.2, 0.25) is 0 Å². The summed E-state index contributed by atoms with van der Waals surface area (Å²) in [5.41, 5.74) is 1.03. The molecule has 0 heterocycles. The highest BCUT2D eigenvalue weighted by atomic mass is 32.2. The van der Waals surface area contributed by atoms with Crippen molar-refractivity contribution >= 4 is 27.3 Å². The van der Waals surface area contributed by atoms with Crippen LogP contribution in [-0.2, 0) is 14.8 Å². The molecule has 1 unspecified atom stereocenters. The molecule has 0 aliphatic heterocycles. The third-order valence-electron chi connectivity index (χ3n) is 3.07. The van der Waals surface area contributed by atoms with Gasteiger partial charge < -0.3 is 5.32 Å². The van der Waals surface area contributed by atoms with Crippen molar-refractivity contribution < 1.29 is 13.2 Å². The molecule has 5 nitrogen and oxygen atoms in total. The highest BCUT2D eigenvalue weighted by molar-refractivity contribution is 7.92. The summed E-state index contributed by atoms with van der Waals surface area (Å²) in [6.07, 6.45) is 7.73. The van der Waals surface area contributed by atoms with Crippen LogP contribution in [0.15, 0.2) is 36.4 Å². The molecule has 1 amide bonds. The third kappa shape index (κ3) is 4.38. The Bertz CT molecular complexity index is 623. The van der Waals surface area contributed by atoms with E-state index in [9.17, 15) is 13.2 Å². The smallest absolute Gasteiger partial charge is 0.229 e. The molecule has 1 aliphatic carbocycles. The standard InChI is InChI=1S/C14H18N2O3S/c1-20(18,19)16-13-9-5-8-12(10-13)15-14(17)11-6-3-2-4-7-11/h2-3,5,8-11,16H,4,6-7H2,1H3,(H,15,17). The number of benzene rings is 1. The molecule has 0 saturated carbocycles. The zero-order chi connectivity index (χ0) is 14.6. The maximum atomic E-state index is 12.1. The van der Waals surface area contributed by atoms with Crippen LogP contribution < -0.4 is 10.0 Å². The summed E-state index contributed by atoms with van der Waals surface area (Å²) in [4.78, 5) is 12.1. The van der Waals surface area contributed by atoms with Crippen LogP contribution in [0, 0.1) is 5.92 Å². The summed E-state index contributed by atoms with van der Waals surface area (Å²) in [7, 11) is -3.31. The fraction of sp³-hybridized carbons (Fsp3) is 0.357. The monoisotopic (exact) mass is 294 g/mol. The highest BCUT2D eigenvalue weighted by Gasteiger charge is 2.18. The van der Waals surface area contributed by atoms with Crippen molar-refractivity contribution in [3.63, 3.8) is 0 Å². The van der Waals surface area contributed by atoms with Crippen LogP contribution in [0.3, 0.4) is 0 Å². The average molecular weight is 294 g/mol. The Balaban J connectivity index is 2.04. The molecule has 108 valence electrons. The van der Waals surface area contributed by atoms with Crippen LogP contribution in [-0.4, -0.2) is 20.6 Å². The fourth-order valence-corrected chi connectivity index (χ4v) is 2.71. The Hall–Kier alpha value is -1.82. The van der Waals surface area contributed by atoms with Gasteiger partial charge in [-0.1, -0.05) is 18.2 Å². The summed E-state index contributed by atoms with van der Waals surface area (Å²) < 4.78 is 24.7. The number of hydrogen-bond acceptors (Lipinski definition) is 3. The van der Waals surface area contributed by atoms with E-state index in [2.05, 4.69) is 16.1 Å². The number of carbonyl (C=O) groups is 1. The van der Waals surface area contributed by atoms with Gasteiger partial charge in [0.05, 0.1) is 11.9 Å². The lowest BCUT2D eigenvalue weighted by molar-refractivity contribution is -0.120. The van der Waals surface area contributed by atoms with Crippen molar-refractivity contribution in [2.24, 2.45) is 5.92 Å². The van der Waals surface area contributed by atoms with Crippen LogP contribution in [0.1, 0.15) is 19.3 Å². The Morgan fingerprint density at radius 2 is 2.00 bits per heavy atom. The molecule has 2 rings (SSSR count). The first-order chi connectivity index (χ1) is 9.44. The molecule has 0 aromatic heterocycles. The second-order valence-corrected chi connectivity index (χ2v) is 6.67. The lowest BCUT2D eigenvalue weighted by Gasteiger charge is -2.17. The molecule has 1 aliphatic rings. The second kappa shape index (κ2) is 6.09. The summed E-state index contributed by atoms with van der Waals surface area (Å²) in [5.74, 6) is -0.0302. The maximum absolute atomic E-state index is 12.1. The number of hydrogen-bond donors (Lipinski definition) is 2. The Labute approximate surface area is 119 Å². The van der Waals surface area contributed by atoms with Gasteiger partial charge in [0.2, 0.25) is 15.9 Å². The van der Waals surface area contributed by atoms with Gasteiger partial charge in [-0.3, -0.25) is 9.52 Å². The number of nitrogens with one attached hydrogen (secondary N) is 2. The van der Waals surface area contributed by atoms with Gasteiger partial charge in [0.25, 0.3) is 0 Å². The molecule has 1 aromatic carbocycles. The second-order valence-electron chi connectivity index (χ2n) is 4.93. The molecule has 0 fully saturated rings. The van der Waals surface area contributed by atoms with Gasteiger partial charge in [-0.15, -0.1) is 0 Å². The van der Waals surface area contributed by atoms with Gasteiger partial charge in [-0.2, -0.15) is 0 Å². The molecule has 0 bridgehead atoms. The van der Waals surface area contributed by atoms with E-state index in [0.717, 1.165) is 25.5 Å². The molecule has 0 spiro atoms. The first-order valence-electron chi connectivity index (χ1n) is 6.48. The molecule has 2 N–H and O–H groups in total. The number of amides is 1. The van der Waals surface area contributed by atoms with Crippen molar-refractivity contribution in [3.8, 4) is 0 Å². The third-order valence-corrected chi connectivity index (χ3v) is 3.68. The number of rotatable bonds is 4. The number of anilines is 2. The van der Waals surface area contributed by atoms with Crippen molar-refractivity contribution in [2.75, 3.05) is 16.3 Å². The molecule has 20 heavy (non-hydrogen) atoms. The van der Waals surface area contributed by atoms with Crippen molar-refractivity contribution in [1.82, 2.24) is 0 Å². The molecule has 6 heteroatoms. The van der Waals surface area contributed by atoms with Gasteiger partial charge in [0, 0.05) is 11.6 Å². The van der Waals surface area contributed by atoms with E-state index in [4.69, 9.17) is 0 Å². The minimum atomic E-state index is -3.31. The van der Waals surface area contributed by atoms with Gasteiger partial charge >= 0.3 is 0 Å². The number of allylic oxidation sites excluding steroid dienone is 2. The minimum absolute atomic E-state index is 0.00785. The van der Waals surface area contributed by atoms with Gasteiger partial charge in [0.15, 0.2) is 0 Å². The van der Waals surface area contributed by atoms with E-state index in [1.807, 2.05) is 6.08 Å². The lowest BCUT2D eigenvalue weighted by Crippen LogP contribution is -2.23. The van der Waals surface area contributed by atoms with Crippen LogP contribution >= 0.6 is 0 Å². The van der Waals surface area contributed by atoms with E-state index in [0.29, 0.717) is 11.4 Å². The SMILES string of the molecule is CS(=O)(=O)Nc1cccc(NC(=O)C2CC=CCC2)c1. The Morgan fingerprint density at radius 1 is 1.25 bits per heavy atom. The average Bonchev–Trinajstić information content (AvgIpc) is 2.38. The molecular weight excluding hydrogens is 276 g/mol. The van der Waals surface area contributed by atoms with Gasteiger partial charge in [0.1, 0.15) is 0 Å². The zero-order valence-electron chi connectivity index (χ0n) is 11.3. The molecule has 1 aromatic rings. The molecular formula is C14H18N2O3S. The van der Waals surface area contributed by atoms with Gasteiger partial charge in [-0.25, -0.2) is 8.42 Å². The number of carbonyl (C=O) groups excluding carboxylic acids is 1. The minimum Gasteiger partial charge on any atom is -0.326 e. The Kier molecular flexibility index (Phi) is 4.44. The molecule has 1 atom stereocenters. The van der Waals surface area contributed by atoms with E-state index < -0.39 is 10.0 Å². The van der Waals surface area contributed by atoms with Crippen molar-refractivity contribution in [1.29, 1.82) is 0 Å². The molecule has 0 saturated heterocycles. The Morgan fingerprint density at radius 3 is 2.65 bits per heavy atom. The summed E-state index contributed by atoms with van der Waals surface area (Å²) in [5, 5.41) is 2.83. The molecule has 0 radical (unpaired) electrons. The zero-order valence-corrected chi connectivity index (χ0v) is 12.1. The summed E-state index contributed by atoms with van der Waals surface area (Å²) in [6.45, 7) is 0. The van der Waals surface area contributed by atoms with Crippen LogP contribution in [0.4, 0.5) is 11.4 Å². The maximum Gasteiger partial charge on any atom is 0.229 e. The largest absolute Gasteiger partial charge is 0.326 e. The predicted molar refractivity (Wildman–Crippen MR) is 80.0 cm³/mol.